The number of benzene rings is 1. The zero-order valence-corrected chi connectivity index (χ0v) is 19.0. The van der Waals surface area contributed by atoms with Crippen molar-refractivity contribution in [2.75, 3.05) is 37.5 Å². The zero-order chi connectivity index (χ0) is 22.8. The van der Waals surface area contributed by atoms with Crippen LogP contribution in [0.4, 0.5) is 11.4 Å². The maximum absolute atomic E-state index is 11.6. The van der Waals surface area contributed by atoms with Crippen LogP contribution < -0.4 is 15.5 Å². The van der Waals surface area contributed by atoms with Crippen molar-refractivity contribution in [3.05, 3.63) is 36.4 Å². The molecule has 1 aliphatic heterocycles. The summed E-state index contributed by atoms with van der Waals surface area (Å²) in [6.45, 7) is 0.792. The lowest BCUT2D eigenvalue weighted by Crippen LogP contribution is -2.30. The van der Waals surface area contributed by atoms with E-state index in [0.29, 0.717) is 25.2 Å². The first kappa shape index (κ1) is 24.9. The zero-order valence-electron chi connectivity index (χ0n) is 19.0. The van der Waals surface area contributed by atoms with E-state index < -0.39 is 18.1 Å². The number of rotatable bonds is 7. The molecule has 0 saturated heterocycles. The van der Waals surface area contributed by atoms with Gasteiger partial charge in [-0.05, 0) is 43.7 Å². The minimum atomic E-state index is -0.593. The number of aliphatic hydroxyl groups excluding tert-OH is 1. The van der Waals surface area contributed by atoms with E-state index in [0.717, 1.165) is 17.9 Å². The number of carbonyl (C=O) groups excluding carboxylic acids is 2. The number of nitrogens with zero attached hydrogens (tertiary/aromatic N) is 2. The van der Waals surface area contributed by atoms with E-state index >= 15 is 0 Å². The van der Waals surface area contributed by atoms with Gasteiger partial charge in [-0.15, -0.1) is 0 Å². The molecule has 0 spiro atoms. The quantitative estimate of drug-likeness (QED) is 0.647. The molecular weight excluding hydrogens is 394 g/mol. The normalized spacial score (nSPS) is 18.9. The average Bonchev–Trinajstić information content (AvgIpc) is 3.26. The summed E-state index contributed by atoms with van der Waals surface area (Å²) >= 11 is 0. The number of carbonyl (C=O) groups is 2. The van der Waals surface area contributed by atoms with Crippen molar-refractivity contribution < 1.29 is 19.4 Å². The first-order chi connectivity index (χ1) is 14.8. The van der Waals surface area contributed by atoms with E-state index in [1.165, 1.54) is 32.8 Å². The number of amides is 2. The number of primary amides is 1. The number of ether oxygens (including phenoxy) is 1. The molecule has 1 heterocycles. The summed E-state index contributed by atoms with van der Waals surface area (Å²) in [6.07, 6.45) is 9.42. The van der Waals surface area contributed by atoms with Crippen molar-refractivity contribution in [2.45, 2.75) is 57.2 Å². The SMILES string of the molecule is CN1CCC(=O)N(C)c2ccccc21.COC(CCC(O)/C=C/C1CCCC1)C(N)=O. The Balaban J connectivity index is 0.000000224. The van der Waals surface area contributed by atoms with Crippen molar-refractivity contribution in [2.24, 2.45) is 11.7 Å². The number of nitrogens with two attached hydrogens (primary N) is 1. The van der Waals surface area contributed by atoms with E-state index in [2.05, 4.69) is 11.0 Å². The summed E-state index contributed by atoms with van der Waals surface area (Å²) < 4.78 is 4.93. The number of anilines is 2. The summed E-state index contributed by atoms with van der Waals surface area (Å²) in [6, 6.07) is 7.99. The van der Waals surface area contributed by atoms with Gasteiger partial charge in [0.05, 0.1) is 17.5 Å². The van der Waals surface area contributed by atoms with Gasteiger partial charge in [0.1, 0.15) is 6.10 Å². The van der Waals surface area contributed by atoms with Gasteiger partial charge in [0.15, 0.2) is 0 Å². The second kappa shape index (κ2) is 12.5. The van der Waals surface area contributed by atoms with Crippen molar-refractivity contribution in [3.8, 4) is 0 Å². The van der Waals surface area contributed by atoms with Crippen molar-refractivity contribution in [3.63, 3.8) is 0 Å². The Bertz CT molecular complexity index is 746. The highest BCUT2D eigenvalue weighted by molar-refractivity contribution is 5.97. The van der Waals surface area contributed by atoms with Gasteiger partial charge in [0.2, 0.25) is 11.8 Å². The topological polar surface area (TPSA) is 96.1 Å². The molecule has 1 aliphatic carbocycles. The molecule has 31 heavy (non-hydrogen) atoms. The molecule has 172 valence electrons. The lowest BCUT2D eigenvalue weighted by atomic mass is 10.0. The number of hydrogen-bond acceptors (Lipinski definition) is 5. The lowest BCUT2D eigenvalue weighted by molar-refractivity contribution is -0.128. The van der Waals surface area contributed by atoms with Gasteiger partial charge in [-0.2, -0.15) is 0 Å². The molecule has 0 aromatic heterocycles. The van der Waals surface area contributed by atoms with Crippen LogP contribution in [0.3, 0.4) is 0 Å². The molecule has 0 bridgehead atoms. The number of hydrogen-bond donors (Lipinski definition) is 2. The molecule has 1 saturated carbocycles. The van der Waals surface area contributed by atoms with Gasteiger partial charge in [0.25, 0.3) is 0 Å². The van der Waals surface area contributed by atoms with E-state index in [9.17, 15) is 14.7 Å². The van der Waals surface area contributed by atoms with E-state index in [4.69, 9.17) is 10.5 Å². The van der Waals surface area contributed by atoms with Crippen LogP contribution in [0.1, 0.15) is 44.9 Å². The molecule has 1 aromatic rings. The Morgan fingerprint density at radius 1 is 1.23 bits per heavy atom. The summed E-state index contributed by atoms with van der Waals surface area (Å²) in [5, 5.41) is 9.74. The maximum Gasteiger partial charge on any atom is 0.246 e. The highest BCUT2D eigenvalue weighted by Crippen LogP contribution is 2.30. The first-order valence-electron chi connectivity index (χ1n) is 11.1. The van der Waals surface area contributed by atoms with E-state index in [1.807, 2.05) is 44.4 Å². The minimum absolute atomic E-state index is 0.182. The molecule has 2 unspecified atom stereocenters. The highest BCUT2D eigenvalue weighted by atomic mass is 16.5. The molecule has 3 N–H and O–H groups in total. The van der Waals surface area contributed by atoms with Crippen LogP contribution in [0.15, 0.2) is 36.4 Å². The van der Waals surface area contributed by atoms with Gasteiger partial charge in [-0.1, -0.05) is 37.1 Å². The van der Waals surface area contributed by atoms with Crippen LogP contribution in [0.2, 0.25) is 0 Å². The molecule has 2 amide bonds. The number of para-hydroxylation sites is 2. The van der Waals surface area contributed by atoms with Crippen molar-refractivity contribution >= 4 is 23.2 Å². The van der Waals surface area contributed by atoms with Gasteiger partial charge in [0, 0.05) is 34.2 Å². The standard InChI is InChI=1S/C13H23NO3.C11H14N2O/c1-17-12(13(14)16)9-8-11(15)7-6-10-4-2-3-5-10;1-12-8-7-11(14)13(2)10-6-4-3-5-9(10)12/h6-7,10-12,15H,2-5,8-9H2,1H3,(H2,14,16);3-6H,7-8H2,1-2H3/b7-6+;. The van der Waals surface area contributed by atoms with Gasteiger partial charge < -0.3 is 25.4 Å². The Labute approximate surface area is 185 Å². The Morgan fingerprint density at radius 3 is 2.48 bits per heavy atom. The fourth-order valence-electron chi connectivity index (χ4n) is 3.99. The van der Waals surface area contributed by atoms with Crippen molar-refractivity contribution in [1.82, 2.24) is 0 Å². The third kappa shape index (κ3) is 7.67. The number of methoxy groups -OCH3 is 1. The van der Waals surface area contributed by atoms with Crippen LogP contribution >= 0.6 is 0 Å². The smallest absolute Gasteiger partial charge is 0.246 e. The fraction of sp³-hybridized carbons (Fsp3) is 0.583. The van der Waals surface area contributed by atoms with Crippen LogP contribution in [0, 0.1) is 5.92 Å². The largest absolute Gasteiger partial charge is 0.389 e. The number of allylic oxidation sites excluding steroid dienone is 1. The first-order valence-corrected chi connectivity index (χ1v) is 11.1. The maximum atomic E-state index is 11.6. The second-order valence-electron chi connectivity index (χ2n) is 8.31. The van der Waals surface area contributed by atoms with Gasteiger partial charge in [-0.25, -0.2) is 0 Å². The second-order valence-corrected chi connectivity index (χ2v) is 8.31. The third-order valence-corrected chi connectivity index (χ3v) is 6.02. The minimum Gasteiger partial charge on any atom is -0.389 e. The van der Waals surface area contributed by atoms with Crippen molar-refractivity contribution in [1.29, 1.82) is 0 Å². The molecule has 2 aliphatic rings. The van der Waals surface area contributed by atoms with Crippen LogP contribution in [-0.2, 0) is 14.3 Å². The third-order valence-electron chi connectivity index (χ3n) is 6.02. The van der Waals surface area contributed by atoms with Crippen LogP contribution in [-0.4, -0.2) is 56.9 Å². The summed E-state index contributed by atoms with van der Waals surface area (Å²) in [5.41, 5.74) is 7.27. The number of aliphatic hydroxyl groups is 1. The Hall–Kier alpha value is -2.38. The summed E-state index contributed by atoms with van der Waals surface area (Å²) in [4.78, 5) is 26.4. The monoisotopic (exact) mass is 431 g/mol. The van der Waals surface area contributed by atoms with Crippen LogP contribution in [0.25, 0.3) is 0 Å². The molecule has 3 rings (SSSR count). The molecule has 1 fully saturated rings. The van der Waals surface area contributed by atoms with Gasteiger partial charge in [-0.3, -0.25) is 9.59 Å². The van der Waals surface area contributed by atoms with E-state index in [1.54, 1.807) is 4.90 Å². The molecule has 0 radical (unpaired) electrons. The predicted molar refractivity (Wildman–Crippen MR) is 124 cm³/mol. The Kier molecular flexibility index (Phi) is 10.0. The molecule has 7 heteroatoms. The average molecular weight is 432 g/mol. The summed E-state index contributed by atoms with van der Waals surface area (Å²) in [5.74, 6) is 0.334. The van der Waals surface area contributed by atoms with E-state index in [-0.39, 0.29) is 5.91 Å². The fourth-order valence-corrected chi connectivity index (χ4v) is 3.99. The number of fused-ring (bicyclic) bond motifs is 1. The molecule has 7 nitrogen and oxygen atoms in total. The Morgan fingerprint density at radius 2 is 1.87 bits per heavy atom. The van der Waals surface area contributed by atoms with Gasteiger partial charge >= 0.3 is 0 Å². The predicted octanol–water partition coefficient (Wildman–Crippen LogP) is 2.86. The lowest BCUT2D eigenvalue weighted by Gasteiger charge is -2.20. The molecule has 1 aromatic carbocycles. The van der Waals surface area contributed by atoms with Crippen LogP contribution in [0.5, 0.6) is 0 Å². The molecule has 2 atom stereocenters. The highest BCUT2D eigenvalue weighted by Gasteiger charge is 2.20. The summed E-state index contributed by atoms with van der Waals surface area (Å²) in [7, 11) is 5.31. The molecular formula is C24H37N3O4.